The van der Waals surface area contributed by atoms with Gasteiger partial charge < -0.3 is 30.6 Å². The van der Waals surface area contributed by atoms with Crippen LogP contribution in [0.5, 0.6) is 11.6 Å². The molecule has 5 heterocycles. The number of aromatic nitrogens is 4. The SMILES string of the molecule is NCCOc1cccc(-c2ccnc(CNCC[C@H]3CN(c4ccc5c(n4)NC(=O)CO5)C(=O)O3)n2)n1. The normalized spacial score (nSPS) is 16.6. The number of ether oxygens (including phenoxy) is 3. The van der Waals surface area contributed by atoms with Crippen LogP contribution in [0.25, 0.3) is 11.4 Å². The van der Waals surface area contributed by atoms with Gasteiger partial charge in [-0.2, -0.15) is 0 Å². The van der Waals surface area contributed by atoms with Crippen LogP contribution in [0.2, 0.25) is 0 Å². The lowest BCUT2D eigenvalue weighted by atomic mass is 10.2. The predicted molar refractivity (Wildman–Crippen MR) is 132 cm³/mol. The maximum absolute atomic E-state index is 12.4. The number of fused-ring (bicyclic) bond motifs is 1. The van der Waals surface area contributed by atoms with Crippen LogP contribution in [0.4, 0.5) is 16.4 Å². The molecular weight excluding hydrogens is 480 g/mol. The highest BCUT2D eigenvalue weighted by Gasteiger charge is 2.33. The van der Waals surface area contributed by atoms with E-state index in [4.69, 9.17) is 19.9 Å². The van der Waals surface area contributed by atoms with E-state index in [1.807, 2.05) is 12.1 Å². The predicted octanol–water partition coefficient (Wildman–Crippen LogP) is 1.11. The number of hydrogen-bond donors (Lipinski definition) is 3. The maximum Gasteiger partial charge on any atom is 0.415 e. The van der Waals surface area contributed by atoms with Gasteiger partial charge in [-0.25, -0.2) is 24.7 Å². The molecule has 0 saturated carbocycles. The fourth-order valence-corrected chi connectivity index (χ4v) is 3.85. The van der Waals surface area contributed by atoms with E-state index in [2.05, 4.69) is 30.6 Å². The molecular formula is C24H26N8O5. The van der Waals surface area contributed by atoms with Crippen molar-refractivity contribution in [3.63, 3.8) is 0 Å². The average molecular weight is 507 g/mol. The number of rotatable bonds is 10. The molecule has 3 aromatic heterocycles. The number of nitrogens with two attached hydrogens (primary N) is 1. The molecule has 2 aliphatic heterocycles. The third kappa shape index (κ3) is 5.90. The largest absolute Gasteiger partial charge is 0.480 e. The van der Waals surface area contributed by atoms with Gasteiger partial charge in [0.05, 0.1) is 24.5 Å². The van der Waals surface area contributed by atoms with E-state index >= 15 is 0 Å². The smallest absolute Gasteiger partial charge is 0.415 e. The van der Waals surface area contributed by atoms with E-state index in [1.54, 1.807) is 30.5 Å². The molecule has 192 valence electrons. The molecule has 0 unspecified atom stereocenters. The van der Waals surface area contributed by atoms with Gasteiger partial charge in [0, 0.05) is 18.8 Å². The molecule has 4 N–H and O–H groups in total. The standard InChI is InChI=1S/C24H26N8O5/c25-8-11-35-22-3-1-2-16(29-22)17-7-10-27-19(28-17)12-26-9-6-15-13-32(24(34)37-15)20-5-4-18-23(30-20)31-21(33)14-36-18/h1-5,7,10,15,26H,6,8-9,11-14,25H2,(H,30,31,33)/t15-/m0/s1. The van der Waals surface area contributed by atoms with Gasteiger partial charge >= 0.3 is 6.09 Å². The summed E-state index contributed by atoms with van der Waals surface area (Å²) in [5, 5.41) is 5.93. The van der Waals surface area contributed by atoms with Crippen LogP contribution in [0.3, 0.4) is 0 Å². The molecule has 1 atom stereocenters. The Balaban J connectivity index is 1.12. The Hall–Kier alpha value is -4.36. The second kappa shape index (κ2) is 11.1. The molecule has 0 radical (unpaired) electrons. The molecule has 2 amide bonds. The number of nitrogens with zero attached hydrogens (tertiary/aromatic N) is 5. The first-order valence-corrected chi connectivity index (χ1v) is 11.8. The lowest BCUT2D eigenvalue weighted by Crippen LogP contribution is -2.29. The zero-order valence-corrected chi connectivity index (χ0v) is 19.9. The molecule has 13 heteroatoms. The maximum atomic E-state index is 12.4. The zero-order valence-electron chi connectivity index (χ0n) is 19.9. The number of anilines is 2. The lowest BCUT2D eigenvalue weighted by molar-refractivity contribution is -0.118. The number of carbonyl (C=O) groups excluding carboxylic acids is 2. The summed E-state index contributed by atoms with van der Waals surface area (Å²) in [6, 6.07) is 10.6. The Kier molecular flexibility index (Phi) is 7.33. The molecule has 0 bridgehead atoms. The second-order valence-corrected chi connectivity index (χ2v) is 8.29. The summed E-state index contributed by atoms with van der Waals surface area (Å²) in [6.45, 7) is 2.11. The van der Waals surface area contributed by atoms with Crippen LogP contribution in [-0.4, -0.2) is 70.9 Å². The number of pyridine rings is 2. The fraction of sp³-hybridized carbons (Fsp3) is 0.333. The minimum absolute atomic E-state index is 0.0571. The summed E-state index contributed by atoms with van der Waals surface area (Å²) in [5.74, 6) is 1.96. The molecule has 1 fully saturated rings. The topological polar surface area (TPSA) is 167 Å². The summed E-state index contributed by atoms with van der Waals surface area (Å²) >= 11 is 0. The molecule has 0 aliphatic carbocycles. The molecule has 3 aromatic rings. The van der Waals surface area contributed by atoms with Gasteiger partial charge in [-0.1, -0.05) is 6.07 Å². The number of cyclic esters (lactones) is 1. The van der Waals surface area contributed by atoms with Gasteiger partial charge in [0.1, 0.15) is 24.4 Å². The van der Waals surface area contributed by atoms with Crippen LogP contribution in [0, 0.1) is 0 Å². The number of hydrogen-bond acceptors (Lipinski definition) is 11. The third-order valence-corrected chi connectivity index (χ3v) is 5.60. The minimum Gasteiger partial charge on any atom is -0.480 e. The van der Waals surface area contributed by atoms with Crippen molar-refractivity contribution in [1.82, 2.24) is 25.3 Å². The van der Waals surface area contributed by atoms with Gasteiger partial charge in [-0.15, -0.1) is 0 Å². The molecule has 37 heavy (non-hydrogen) atoms. The highest BCUT2D eigenvalue weighted by Crippen LogP contribution is 2.30. The van der Waals surface area contributed by atoms with E-state index in [-0.39, 0.29) is 18.6 Å². The molecule has 13 nitrogen and oxygen atoms in total. The van der Waals surface area contributed by atoms with Gasteiger partial charge in [0.25, 0.3) is 5.91 Å². The van der Waals surface area contributed by atoms with Crippen LogP contribution in [0.1, 0.15) is 12.2 Å². The van der Waals surface area contributed by atoms with Crippen molar-refractivity contribution in [1.29, 1.82) is 0 Å². The van der Waals surface area contributed by atoms with E-state index in [0.29, 0.717) is 79.7 Å². The van der Waals surface area contributed by atoms with E-state index < -0.39 is 6.09 Å². The van der Waals surface area contributed by atoms with Crippen molar-refractivity contribution in [3.8, 4) is 23.0 Å². The zero-order chi connectivity index (χ0) is 25.6. The van der Waals surface area contributed by atoms with Crippen molar-refractivity contribution in [2.75, 3.05) is 43.1 Å². The first kappa shape index (κ1) is 24.3. The monoisotopic (exact) mass is 506 g/mol. The Bertz CT molecular complexity index is 1290. The first-order valence-electron chi connectivity index (χ1n) is 11.8. The van der Waals surface area contributed by atoms with Gasteiger partial charge in [-0.05, 0) is 37.2 Å². The average Bonchev–Trinajstić information content (AvgIpc) is 3.30. The molecule has 5 rings (SSSR count). The van der Waals surface area contributed by atoms with Gasteiger partial charge in [0.2, 0.25) is 5.88 Å². The Morgan fingerprint density at radius 2 is 2.03 bits per heavy atom. The van der Waals surface area contributed by atoms with E-state index in [0.717, 1.165) is 0 Å². The van der Waals surface area contributed by atoms with Gasteiger partial charge in [-0.3, -0.25) is 9.69 Å². The Morgan fingerprint density at radius 3 is 2.92 bits per heavy atom. The molecule has 2 aliphatic rings. The second-order valence-electron chi connectivity index (χ2n) is 8.29. The number of amides is 2. The van der Waals surface area contributed by atoms with Crippen molar-refractivity contribution >= 4 is 23.6 Å². The molecule has 1 saturated heterocycles. The molecule has 0 spiro atoms. The fourth-order valence-electron chi connectivity index (χ4n) is 3.85. The van der Waals surface area contributed by atoms with Crippen molar-refractivity contribution in [2.45, 2.75) is 19.1 Å². The lowest BCUT2D eigenvalue weighted by Gasteiger charge is -2.19. The first-order chi connectivity index (χ1) is 18.1. The summed E-state index contributed by atoms with van der Waals surface area (Å²) in [4.78, 5) is 43.1. The summed E-state index contributed by atoms with van der Waals surface area (Å²) in [7, 11) is 0. The minimum atomic E-state index is -0.485. The highest BCUT2D eigenvalue weighted by atomic mass is 16.6. The van der Waals surface area contributed by atoms with Crippen LogP contribution in [0.15, 0.2) is 42.6 Å². The summed E-state index contributed by atoms with van der Waals surface area (Å²) in [5.41, 5.74) is 6.85. The number of nitrogens with one attached hydrogen (secondary N) is 2. The van der Waals surface area contributed by atoms with Crippen molar-refractivity contribution < 1.29 is 23.8 Å². The molecule has 0 aromatic carbocycles. The Morgan fingerprint density at radius 1 is 1.14 bits per heavy atom. The summed E-state index contributed by atoms with van der Waals surface area (Å²) in [6.07, 6.45) is 1.48. The van der Waals surface area contributed by atoms with Crippen molar-refractivity contribution in [3.05, 3.63) is 48.4 Å². The van der Waals surface area contributed by atoms with E-state index in [9.17, 15) is 9.59 Å². The van der Waals surface area contributed by atoms with Crippen LogP contribution >= 0.6 is 0 Å². The summed E-state index contributed by atoms with van der Waals surface area (Å²) < 4.78 is 16.3. The third-order valence-electron chi connectivity index (χ3n) is 5.60. The quantitative estimate of drug-likeness (QED) is 0.337. The van der Waals surface area contributed by atoms with Gasteiger partial charge in [0.15, 0.2) is 18.2 Å². The van der Waals surface area contributed by atoms with E-state index in [1.165, 1.54) is 4.90 Å². The van der Waals surface area contributed by atoms with Crippen molar-refractivity contribution in [2.24, 2.45) is 5.73 Å². The number of carbonyl (C=O) groups is 2. The van der Waals surface area contributed by atoms with Crippen LogP contribution in [-0.2, 0) is 16.1 Å². The highest BCUT2D eigenvalue weighted by molar-refractivity contribution is 5.95. The van der Waals surface area contributed by atoms with Crippen LogP contribution < -0.4 is 30.7 Å². The Labute approximate surface area is 212 Å².